The molecule has 0 spiro atoms. The number of hydrogen-bond donors (Lipinski definition) is 1. The van der Waals surface area contributed by atoms with Gasteiger partial charge in [0.1, 0.15) is 5.15 Å². The van der Waals surface area contributed by atoms with Crippen molar-refractivity contribution < 1.29 is 0 Å². The van der Waals surface area contributed by atoms with Gasteiger partial charge in [-0.25, -0.2) is 4.98 Å². The highest BCUT2D eigenvalue weighted by Gasteiger charge is 2.07. The van der Waals surface area contributed by atoms with Crippen LogP contribution in [0.25, 0.3) is 5.03 Å². The van der Waals surface area contributed by atoms with Gasteiger partial charge in [-0.05, 0) is 0 Å². The average molecular weight is 276 g/mol. The van der Waals surface area contributed by atoms with E-state index in [1.165, 1.54) is 4.99 Å². The van der Waals surface area contributed by atoms with Gasteiger partial charge in [-0.2, -0.15) is 0 Å². The Morgan fingerprint density at radius 3 is 2.55 bits per heavy atom. The van der Waals surface area contributed by atoms with Crippen LogP contribution in [0.5, 0.6) is 0 Å². The van der Waals surface area contributed by atoms with Crippen molar-refractivity contribution in [3.8, 4) is 0 Å². The maximum Gasteiger partial charge on any atom is 0.166 e. The lowest BCUT2D eigenvalue weighted by Gasteiger charge is -1.86. The fourth-order valence-electron chi connectivity index (χ4n) is 0.496. The SMILES string of the molecule is Cl/C(=C\Br)c1nc(Cl)c(Cl)[nH]1. The van der Waals surface area contributed by atoms with Gasteiger partial charge >= 0.3 is 0 Å². The van der Waals surface area contributed by atoms with Crippen molar-refractivity contribution in [1.29, 1.82) is 0 Å². The topological polar surface area (TPSA) is 28.7 Å². The van der Waals surface area contributed by atoms with Crippen LogP contribution in [0.3, 0.4) is 0 Å². The predicted octanol–water partition coefficient (Wildman–Crippen LogP) is 3.65. The first-order valence-electron chi connectivity index (χ1n) is 2.52. The van der Waals surface area contributed by atoms with Crippen molar-refractivity contribution in [1.82, 2.24) is 9.97 Å². The molecule has 0 aliphatic heterocycles. The molecular formula is C5H2BrCl3N2. The average Bonchev–Trinajstić information content (AvgIpc) is 2.31. The molecule has 1 heterocycles. The van der Waals surface area contributed by atoms with Crippen LogP contribution in [0, 0.1) is 0 Å². The minimum absolute atomic E-state index is 0.217. The molecule has 2 nitrogen and oxygen atoms in total. The summed E-state index contributed by atoms with van der Waals surface area (Å²) in [5, 5.41) is 0.919. The second-order valence-corrected chi connectivity index (χ2v) is 3.25. The zero-order valence-corrected chi connectivity index (χ0v) is 8.89. The molecule has 1 aromatic rings. The monoisotopic (exact) mass is 274 g/mol. The Bertz CT molecular complexity index is 274. The molecule has 0 saturated heterocycles. The first kappa shape index (κ1) is 9.39. The fraction of sp³-hybridized carbons (Fsp3) is 0. The maximum atomic E-state index is 5.68. The van der Waals surface area contributed by atoms with E-state index in [9.17, 15) is 0 Å². The lowest BCUT2D eigenvalue weighted by Crippen LogP contribution is -1.77. The number of nitrogens with one attached hydrogen (secondary N) is 1. The first-order valence-corrected chi connectivity index (χ1v) is 4.57. The number of nitrogens with zero attached hydrogens (tertiary/aromatic N) is 1. The smallest absolute Gasteiger partial charge is 0.166 e. The summed E-state index contributed by atoms with van der Waals surface area (Å²) in [7, 11) is 0. The Balaban J connectivity index is 3.07. The van der Waals surface area contributed by atoms with Crippen molar-refractivity contribution in [2.45, 2.75) is 0 Å². The molecule has 1 N–H and O–H groups in total. The third kappa shape index (κ3) is 2.12. The van der Waals surface area contributed by atoms with Crippen LogP contribution in [0.1, 0.15) is 5.82 Å². The van der Waals surface area contributed by atoms with Crippen molar-refractivity contribution in [2.75, 3.05) is 0 Å². The zero-order chi connectivity index (χ0) is 8.43. The van der Waals surface area contributed by atoms with Crippen LogP contribution in [-0.4, -0.2) is 9.97 Å². The third-order valence-corrected chi connectivity index (χ3v) is 2.59. The van der Waals surface area contributed by atoms with Gasteiger partial charge in [0.15, 0.2) is 11.0 Å². The molecule has 1 rings (SSSR count). The second-order valence-electron chi connectivity index (χ2n) is 1.65. The molecule has 0 atom stereocenters. The van der Waals surface area contributed by atoms with E-state index < -0.39 is 0 Å². The molecule has 11 heavy (non-hydrogen) atoms. The van der Waals surface area contributed by atoms with Crippen molar-refractivity contribution in [3.05, 3.63) is 21.1 Å². The minimum Gasteiger partial charge on any atom is -0.327 e. The van der Waals surface area contributed by atoms with Crippen LogP contribution in [-0.2, 0) is 0 Å². The molecule has 0 saturated carbocycles. The Morgan fingerprint density at radius 2 is 2.18 bits per heavy atom. The van der Waals surface area contributed by atoms with Gasteiger partial charge in [0.05, 0.1) is 5.03 Å². The number of aromatic amines is 1. The van der Waals surface area contributed by atoms with Gasteiger partial charge in [-0.15, -0.1) is 0 Å². The number of hydrogen-bond acceptors (Lipinski definition) is 1. The van der Waals surface area contributed by atoms with Crippen LogP contribution >= 0.6 is 50.7 Å². The summed E-state index contributed by atoms with van der Waals surface area (Å²) >= 11 is 19.9. The molecule has 0 amide bonds. The summed E-state index contributed by atoms with van der Waals surface area (Å²) in [5.74, 6) is 0.443. The lowest BCUT2D eigenvalue weighted by atomic mass is 10.6. The summed E-state index contributed by atoms with van der Waals surface area (Å²) in [5.41, 5.74) is 0. The normalized spacial score (nSPS) is 12.2. The van der Waals surface area contributed by atoms with Gasteiger partial charge < -0.3 is 4.98 Å². The molecule has 60 valence electrons. The standard InChI is InChI=1S/C5H2BrCl3N2/c6-1-2(7)5-10-3(8)4(9)11-5/h1H,(H,10,11)/b2-1-. The van der Waals surface area contributed by atoms with E-state index >= 15 is 0 Å². The molecule has 6 heteroatoms. The van der Waals surface area contributed by atoms with E-state index in [1.807, 2.05) is 0 Å². The van der Waals surface area contributed by atoms with E-state index in [4.69, 9.17) is 34.8 Å². The number of rotatable bonds is 1. The summed E-state index contributed by atoms with van der Waals surface area (Å²) in [6.07, 6.45) is 0. The predicted molar refractivity (Wildman–Crippen MR) is 51.4 cm³/mol. The van der Waals surface area contributed by atoms with Crippen LogP contribution in [0.15, 0.2) is 4.99 Å². The van der Waals surface area contributed by atoms with E-state index in [0.29, 0.717) is 10.9 Å². The molecular weight excluding hydrogens is 274 g/mol. The molecule has 0 unspecified atom stereocenters. The van der Waals surface area contributed by atoms with Gasteiger partial charge in [0.2, 0.25) is 0 Å². The van der Waals surface area contributed by atoms with Gasteiger partial charge in [0.25, 0.3) is 0 Å². The highest BCUT2D eigenvalue weighted by molar-refractivity contribution is 9.11. The minimum atomic E-state index is 0.217. The van der Waals surface area contributed by atoms with E-state index in [0.717, 1.165) is 0 Å². The summed E-state index contributed by atoms with van der Waals surface area (Å²) < 4.78 is 0. The second kappa shape index (κ2) is 3.81. The van der Waals surface area contributed by atoms with Gasteiger partial charge in [-0.1, -0.05) is 50.7 Å². The van der Waals surface area contributed by atoms with Crippen LogP contribution in [0.2, 0.25) is 10.3 Å². The molecule has 0 fully saturated rings. The maximum absolute atomic E-state index is 5.68. The summed E-state index contributed by atoms with van der Waals surface area (Å²) in [4.78, 5) is 8.03. The molecule has 0 radical (unpaired) electrons. The van der Waals surface area contributed by atoms with Crippen molar-refractivity contribution in [3.63, 3.8) is 0 Å². The highest BCUT2D eigenvalue weighted by Crippen LogP contribution is 2.24. The van der Waals surface area contributed by atoms with Gasteiger partial charge in [-0.3, -0.25) is 0 Å². The largest absolute Gasteiger partial charge is 0.327 e. The highest BCUT2D eigenvalue weighted by atomic mass is 79.9. The number of imidazole rings is 1. The molecule has 0 bridgehead atoms. The third-order valence-electron chi connectivity index (χ3n) is 0.941. The quantitative estimate of drug-likeness (QED) is 0.833. The molecule has 0 aliphatic rings. The zero-order valence-electron chi connectivity index (χ0n) is 5.04. The first-order chi connectivity index (χ1) is 5.15. The van der Waals surface area contributed by atoms with Crippen LogP contribution < -0.4 is 0 Å². The number of aromatic nitrogens is 2. The summed E-state index contributed by atoms with van der Waals surface area (Å²) in [6, 6.07) is 0. The Morgan fingerprint density at radius 1 is 1.55 bits per heavy atom. The van der Waals surface area contributed by atoms with Gasteiger partial charge in [0, 0.05) is 4.99 Å². The Labute approximate surface area is 86.7 Å². The van der Waals surface area contributed by atoms with E-state index in [1.54, 1.807) is 0 Å². The summed E-state index contributed by atoms with van der Waals surface area (Å²) in [6.45, 7) is 0. The van der Waals surface area contributed by atoms with Crippen LogP contribution in [0.4, 0.5) is 0 Å². The van der Waals surface area contributed by atoms with E-state index in [2.05, 4.69) is 25.9 Å². The van der Waals surface area contributed by atoms with E-state index in [-0.39, 0.29) is 10.3 Å². The Hall–Kier alpha value is 0.300. The fourth-order valence-corrected chi connectivity index (χ4v) is 1.07. The molecule has 0 aliphatic carbocycles. The Kier molecular flexibility index (Phi) is 3.25. The molecule has 1 aromatic heterocycles. The van der Waals surface area contributed by atoms with Crippen molar-refractivity contribution in [2.24, 2.45) is 0 Å². The molecule has 0 aromatic carbocycles. The number of H-pyrrole nitrogens is 1. The lowest BCUT2D eigenvalue weighted by molar-refractivity contribution is 1.26. The number of halogens is 4. The van der Waals surface area contributed by atoms with Crippen molar-refractivity contribution >= 4 is 55.8 Å².